The van der Waals surface area contributed by atoms with Gasteiger partial charge in [0.2, 0.25) is 0 Å². The van der Waals surface area contributed by atoms with E-state index >= 15 is 0 Å². The normalized spacial score (nSPS) is 24.9. The van der Waals surface area contributed by atoms with Gasteiger partial charge >= 0.3 is 0 Å². The lowest BCUT2D eigenvalue weighted by molar-refractivity contribution is 0.394. The van der Waals surface area contributed by atoms with E-state index in [0.717, 1.165) is 22.5 Å². The lowest BCUT2D eigenvalue weighted by Gasteiger charge is -2.25. The molecule has 1 saturated carbocycles. The first kappa shape index (κ1) is 12.8. The van der Waals surface area contributed by atoms with Crippen molar-refractivity contribution in [1.82, 2.24) is 9.97 Å². The summed E-state index contributed by atoms with van der Waals surface area (Å²) in [5.74, 6) is 0.847. The minimum atomic E-state index is 0.498. The standard InChI is InChI=1S/C13H21N3S/c1-9-4-3-5-12(6-9)17-13-15-10(2)7-11(8-14)16-13/h7,9,12H,3-6,8,14H2,1-2H3. The highest BCUT2D eigenvalue weighted by molar-refractivity contribution is 7.99. The number of thioether (sulfide) groups is 1. The van der Waals surface area contributed by atoms with Gasteiger partial charge in [-0.25, -0.2) is 9.97 Å². The van der Waals surface area contributed by atoms with Gasteiger partial charge in [0, 0.05) is 17.5 Å². The summed E-state index contributed by atoms with van der Waals surface area (Å²) in [5, 5.41) is 1.59. The molecule has 2 unspecified atom stereocenters. The zero-order chi connectivity index (χ0) is 12.3. The topological polar surface area (TPSA) is 51.8 Å². The van der Waals surface area contributed by atoms with Crippen LogP contribution in [0.15, 0.2) is 11.2 Å². The van der Waals surface area contributed by atoms with Crippen molar-refractivity contribution in [2.45, 2.75) is 56.5 Å². The molecule has 2 rings (SSSR count). The van der Waals surface area contributed by atoms with Crippen molar-refractivity contribution in [3.8, 4) is 0 Å². The molecule has 2 N–H and O–H groups in total. The van der Waals surface area contributed by atoms with E-state index in [-0.39, 0.29) is 0 Å². The summed E-state index contributed by atoms with van der Waals surface area (Å²) in [6.45, 7) is 4.85. The number of nitrogens with zero attached hydrogens (tertiary/aromatic N) is 2. The van der Waals surface area contributed by atoms with E-state index in [1.807, 2.05) is 24.8 Å². The van der Waals surface area contributed by atoms with E-state index in [0.29, 0.717) is 11.8 Å². The molecule has 0 aromatic carbocycles. The van der Waals surface area contributed by atoms with Crippen molar-refractivity contribution < 1.29 is 0 Å². The van der Waals surface area contributed by atoms with Crippen molar-refractivity contribution in [1.29, 1.82) is 0 Å². The third-order valence-electron chi connectivity index (χ3n) is 3.26. The van der Waals surface area contributed by atoms with Gasteiger partial charge in [0.1, 0.15) is 0 Å². The summed E-state index contributed by atoms with van der Waals surface area (Å²) in [6, 6.07) is 1.97. The fourth-order valence-corrected chi connectivity index (χ4v) is 3.77. The van der Waals surface area contributed by atoms with Crippen LogP contribution in [0, 0.1) is 12.8 Å². The summed E-state index contributed by atoms with van der Waals surface area (Å²) < 4.78 is 0. The third kappa shape index (κ3) is 3.68. The molecule has 0 radical (unpaired) electrons. The second-order valence-electron chi connectivity index (χ2n) is 5.00. The quantitative estimate of drug-likeness (QED) is 0.839. The van der Waals surface area contributed by atoms with Crippen LogP contribution in [0.4, 0.5) is 0 Å². The van der Waals surface area contributed by atoms with Gasteiger partial charge in [-0.2, -0.15) is 0 Å². The van der Waals surface area contributed by atoms with Gasteiger partial charge < -0.3 is 5.73 Å². The number of aromatic nitrogens is 2. The summed E-state index contributed by atoms with van der Waals surface area (Å²) >= 11 is 1.83. The fourth-order valence-electron chi connectivity index (χ4n) is 2.40. The van der Waals surface area contributed by atoms with E-state index in [9.17, 15) is 0 Å². The Hall–Kier alpha value is -0.610. The Labute approximate surface area is 108 Å². The smallest absolute Gasteiger partial charge is 0.188 e. The van der Waals surface area contributed by atoms with E-state index in [1.54, 1.807) is 0 Å². The Morgan fingerprint density at radius 3 is 2.94 bits per heavy atom. The van der Waals surface area contributed by atoms with Gasteiger partial charge in [0.25, 0.3) is 0 Å². The molecular formula is C13H21N3S. The van der Waals surface area contributed by atoms with Crippen LogP contribution in [0.1, 0.15) is 44.0 Å². The molecule has 1 aromatic rings. The van der Waals surface area contributed by atoms with Crippen LogP contribution in [0.25, 0.3) is 0 Å². The van der Waals surface area contributed by atoms with Crippen LogP contribution in [0.2, 0.25) is 0 Å². The highest BCUT2D eigenvalue weighted by Gasteiger charge is 2.20. The largest absolute Gasteiger partial charge is 0.325 e. The highest BCUT2D eigenvalue weighted by Crippen LogP contribution is 2.34. The molecule has 94 valence electrons. The predicted molar refractivity (Wildman–Crippen MR) is 71.9 cm³/mol. The number of hydrogen-bond acceptors (Lipinski definition) is 4. The third-order valence-corrected chi connectivity index (χ3v) is 4.41. The molecule has 1 heterocycles. The highest BCUT2D eigenvalue weighted by atomic mass is 32.2. The summed E-state index contributed by atoms with van der Waals surface area (Å²) in [5.41, 5.74) is 7.61. The van der Waals surface area contributed by atoms with Gasteiger partial charge in [0.15, 0.2) is 5.16 Å². The lowest BCUT2D eigenvalue weighted by atomic mass is 9.91. The average molecular weight is 251 g/mol. The first-order valence-corrected chi connectivity index (χ1v) is 7.26. The van der Waals surface area contributed by atoms with E-state index in [2.05, 4.69) is 16.9 Å². The monoisotopic (exact) mass is 251 g/mol. The van der Waals surface area contributed by atoms with E-state index < -0.39 is 0 Å². The maximum atomic E-state index is 5.64. The zero-order valence-corrected chi connectivity index (χ0v) is 11.5. The molecule has 2 atom stereocenters. The molecule has 1 fully saturated rings. The predicted octanol–water partition coefficient (Wildman–Crippen LogP) is 2.91. The second kappa shape index (κ2) is 5.83. The van der Waals surface area contributed by atoms with Crippen LogP contribution in [0.5, 0.6) is 0 Å². The molecule has 0 spiro atoms. The minimum absolute atomic E-state index is 0.498. The van der Waals surface area contributed by atoms with Crippen molar-refractivity contribution >= 4 is 11.8 Å². The van der Waals surface area contributed by atoms with Gasteiger partial charge in [-0.3, -0.25) is 0 Å². The molecule has 0 saturated heterocycles. The molecule has 0 amide bonds. The van der Waals surface area contributed by atoms with Crippen molar-refractivity contribution in [2.24, 2.45) is 11.7 Å². The van der Waals surface area contributed by atoms with Crippen LogP contribution in [-0.2, 0) is 6.54 Å². The molecule has 1 aliphatic carbocycles. The number of hydrogen-bond donors (Lipinski definition) is 1. The Kier molecular flexibility index (Phi) is 4.40. The molecule has 0 bridgehead atoms. The Balaban J connectivity index is 2.04. The SMILES string of the molecule is Cc1cc(CN)nc(SC2CCCC(C)C2)n1. The molecule has 0 aliphatic heterocycles. The Morgan fingerprint density at radius 1 is 1.41 bits per heavy atom. The van der Waals surface area contributed by atoms with Gasteiger partial charge in [0.05, 0.1) is 5.69 Å². The Bertz CT molecular complexity index is 381. The first-order chi connectivity index (χ1) is 8.17. The molecule has 1 aromatic heterocycles. The summed E-state index contributed by atoms with van der Waals surface area (Å²) in [6.07, 6.45) is 5.30. The number of nitrogens with two attached hydrogens (primary N) is 1. The second-order valence-corrected chi connectivity index (χ2v) is 6.27. The van der Waals surface area contributed by atoms with Crippen LogP contribution >= 0.6 is 11.8 Å². The fraction of sp³-hybridized carbons (Fsp3) is 0.692. The van der Waals surface area contributed by atoms with Crippen molar-refractivity contribution in [3.63, 3.8) is 0 Å². The number of rotatable bonds is 3. The van der Waals surface area contributed by atoms with Gasteiger partial charge in [-0.1, -0.05) is 31.5 Å². The van der Waals surface area contributed by atoms with Crippen molar-refractivity contribution in [3.05, 3.63) is 17.5 Å². The molecule has 3 nitrogen and oxygen atoms in total. The van der Waals surface area contributed by atoms with Crippen LogP contribution in [0.3, 0.4) is 0 Å². The van der Waals surface area contributed by atoms with Crippen LogP contribution in [-0.4, -0.2) is 15.2 Å². The lowest BCUT2D eigenvalue weighted by Crippen LogP contribution is -2.15. The average Bonchev–Trinajstić information content (AvgIpc) is 2.28. The number of aryl methyl sites for hydroxylation is 1. The van der Waals surface area contributed by atoms with Gasteiger partial charge in [-0.15, -0.1) is 0 Å². The van der Waals surface area contributed by atoms with Gasteiger partial charge in [-0.05, 0) is 31.7 Å². The van der Waals surface area contributed by atoms with Crippen LogP contribution < -0.4 is 5.73 Å². The van der Waals surface area contributed by atoms with E-state index in [4.69, 9.17) is 5.73 Å². The maximum absolute atomic E-state index is 5.64. The molecule has 1 aliphatic rings. The van der Waals surface area contributed by atoms with E-state index in [1.165, 1.54) is 25.7 Å². The molecular weight excluding hydrogens is 230 g/mol. The summed E-state index contributed by atoms with van der Waals surface area (Å²) in [7, 11) is 0. The zero-order valence-electron chi connectivity index (χ0n) is 10.6. The maximum Gasteiger partial charge on any atom is 0.188 e. The first-order valence-electron chi connectivity index (χ1n) is 6.38. The van der Waals surface area contributed by atoms with Crippen molar-refractivity contribution in [2.75, 3.05) is 0 Å². The summed E-state index contributed by atoms with van der Waals surface area (Å²) in [4.78, 5) is 9.00. The molecule has 4 heteroatoms. The minimum Gasteiger partial charge on any atom is -0.325 e. The Morgan fingerprint density at radius 2 is 2.24 bits per heavy atom. The molecule has 17 heavy (non-hydrogen) atoms.